The molecule has 21 heavy (non-hydrogen) atoms. The van der Waals surface area contributed by atoms with Gasteiger partial charge in [0.15, 0.2) is 0 Å². The van der Waals surface area contributed by atoms with E-state index in [0.717, 1.165) is 0 Å². The van der Waals surface area contributed by atoms with E-state index in [9.17, 15) is 0 Å². The summed E-state index contributed by atoms with van der Waals surface area (Å²) in [7, 11) is 0. The molecule has 1 fully saturated rings. The largest absolute Gasteiger partial charge is 0.0587 e. The van der Waals surface area contributed by atoms with E-state index >= 15 is 0 Å². The second kappa shape index (κ2) is 4.87. The van der Waals surface area contributed by atoms with Crippen LogP contribution in [0, 0.1) is 13.8 Å². The Labute approximate surface area is 127 Å². The second-order valence-electron chi connectivity index (χ2n) is 6.66. The molecule has 0 unspecified atom stereocenters. The third-order valence-corrected chi connectivity index (χ3v) is 5.12. The summed E-state index contributed by atoms with van der Waals surface area (Å²) in [6.07, 6.45) is 5.35. The van der Waals surface area contributed by atoms with Crippen molar-refractivity contribution in [2.24, 2.45) is 0 Å². The lowest BCUT2D eigenvalue weighted by atomic mass is 9.82. The maximum absolute atomic E-state index is 2.42. The van der Waals surface area contributed by atoms with E-state index in [1.165, 1.54) is 53.5 Å². The van der Waals surface area contributed by atoms with Crippen LogP contribution in [0.15, 0.2) is 48.0 Å². The quantitative estimate of drug-likeness (QED) is 0.618. The predicted octanol–water partition coefficient (Wildman–Crippen LogP) is 5.78. The van der Waals surface area contributed by atoms with Gasteiger partial charge in [-0.25, -0.2) is 0 Å². The number of hydrogen-bond acceptors (Lipinski definition) is 0. The minimum atomic E-state index is 0.685. The molecule has 4 rings (SSSR count). The number of aryl methyl sites for hydroxylation is 2. The number of fused-ring (bicyclic) bond motifs is 3. The van der Waals surface area contributed by atoms with Gasteiger partial charge in [0.2, 0.25) is 0 Å². The van der Waals surface area contributed by atoms with E-state index in [2.05, 4.69) is 56.3 Å². The van der Waals surface area contributed by atoms with Crippen LogP contribution < -0.4 is 0 Å². The molecule has 0 heterocycles. The first-order valence-corrected chi connectivity index (χ1v) is 8.15. The molecule has 0 heteroatoms. The number of hydrogen-bond donors (Lipinski definition) is 0. The summed E-state index contributed by atoms with van der Waals surface area (Å²) in [6.45, 7) is 4.38. The van der Waals surface area contributed by atoms with Crippen molar-refractivity contribution in [3.8, 4) is 0 Å². The lowest BCUT2D eigenvalue weighted by molar-refractivity contribution is 0.549. The third-order valence-electron chi connectivity index (χ3n) is 5.12. The van der Waals surface area contributed by atoms with Crippen molar-refractivity contribution in [2.45, 2.75) is 45.4 Å². The summed E-state index contributed by atoms with van der Waals surface area (Å²) in [5.41, 5.74) is 10.5. The zero-order chi connectivity index (χ0) is 14.4. The molecule has 0 aliphatic heterocycles. The molecule has 0 radical (unpaired) electrons. The highest BCUT2D eigenvalue weighted by atomic mass is 14.4. The van der Waals surface area contributed by atoms with Gasteiger partial charge < -0.3 is 0 Å². The lowest BCUT2D eigenvalue weighted by Gasteiger charge is -2.22. The fourth-order valence-electron chi connectivity index (χ4n) is 4.09. The fourth-order valence-corrected chi connectivity index (χ4v) is 4.09. The molecule has 2 aliphatic carbocycles. The fraction of sp³-hybridized carbons (Fsp3) is 0.333. The Morgan fingerprint density at radius 3 is 2.43 bits per heavy atom. The zero-order valence-electron chi connectivity index (χ0n) is 12.9. The highest BCUT2D eigenvalue weighted by Crippen LogP contribution is 2.51. The van der Waals surface area contributed by atoms with Crippen molar-refractivity contribution in [3.63, 3.8) is 0 Å². The average molecular weight is 274 g/mol. The Balaban J connectivity index is 1.92. The molecule has 2 aromatic rings. The summed E-state index contributed by atoms with van der Waals surface area (Å²) in [4.78, 5) is 0. The molecular weight excluding hydrogens is 252 g/mol. The van der Waals surface area contributed by atoms with Crippen molar-refractivity contribution in [2.75, 3.05) is 0 Å². The summed E-state index contributed by atoms with van der Waals surface area (Å²) in [5.74, 6) is 0.685. The minimum Gasteiger partial charge on any atom is -0.0587 e. The Hall–Kier alpha value is -1.82. The normalized spacial score (nSPS) is 20.4. The lowest BCUT2D eigenvalue weighted by Crippen LogP contribution is -2.05. The predicted molar refractivity (Wildman–Crippen MR) is 89.6 cm³/mol. The van der Waals surface area contributed by atoms with Gasteiger partial charge in [-0.2, -0.15) is 0 Å². The van der Waals surface area contributed by atoms with E-state index in [-0.39, 0.29) is 0 Å². The van der Waals surface area contributed by atoms with Gasteiger partial charge in [0.05, 0.1) is 0 Å². The van der Waals surface area contributed by atoms with E-state index < -0.39 is 0 Å². The van der Waals surface area contributed by atoms with Gasteiger partial charge in [-0.15, -0.1) is 0 Å². The molecule has 0 amide bonds. The standard InChI is InChI=1S/C21H22/c1-14-7-10-16(11-8-14)21-18-6-4-3-5-17(18)20-13-15(2)9-12-19(20)21/h7-13,17H,3-6H2,1-2H3/t17-/m1/s1. The Kier molecular flexibility index (Phi) is 2.99. The van der Waals surface area contributed by atoms with Crippen LogP contribution >= 0.6 is 0 Å². The van der Waals surface area contributed by atoms with Crippen LogP contribution in [0.5, 0.6) is 0 Å². The SMILES string of the molecule is Cc1ccc(C2=C3CCCC[C@H]3c3cc(C)ccc32)cc1. The summed E-state index contributed by atoms with van der Waals surface area (Å²) in [5, 5.41) is 0. The van der Waals surface area contributed by atoms with Crippen LogP contribution in [0.1, 0.15) is 59.4 Å². The first-order chi connectivity index (χ1) is 10.2. The first-order valence-electron chi connectivity index (χ1n) is 8.15. The topological polar surface area (TPSA) is 0 Å². The summed E-state index contributed by atoms with van der Waals surface area (Å²) >= 11 is 0. The molecule has 2 aromatic carbocycles. The van der Waals surface area contributed by atoms with Gasteiger partial charge >= 0.3 is 0 Å². The molecule has 0 nitrogen and oxygen atoms in total. The van der Waals surface area contributed by atoms with E-state index in [0.29, 0.717) is 5.92 Å². The average Bonchev–Trinajstić information content (AvgIpc) is 2.82. The monoisotopic (exact) mass is 274 g/mol. The zero-order valence-corrected chi connectivity index (χ0v) is 12.9. The third kappa shape index (κ3) is 2.05. The Morgan fingerprint density at radius 1 is 0.857 bits per heavy atom. The molecule has 0 bridgehead atoms. The molecule has 0 N–H and O–H groups in total. The molecule has 0 saturated heterocycles. The van der Waals surface area contributed by atoms with E-state index in [1.54, 1.807) is 11.1 Å². The van der Waals surface area contributed by atoms with Gasteiger partial charge in [-0.3, -0.25) is 0 Å². The molecule has 0 aromatic heterocycles. The van der Waals surface area contributed by atoms with Crippen molar-refractivity contribution >= 4 is 5.57 Å². The molecule has 1 atom stereocenters. The van der Waals surface area contributed by atoms with Crippen molar-refractivity contribution in [3.05, 3.63) is 75.9 Å². The maximum atomic E-state index is 2.42. The Morgan fingerprint density at radius 2 is 1.62 bits per heavy atom. The van der Waals surface area contributed by atoms with Crippen LogP contribution in [-0.2, 0) is 0 Å². The van der Waals surface area contributed by atoms with Gasteiger partial charge in [0, 0.05) is 5.92 Å². The molecular formula is C21H22. The number of benzene rings is 2. The molecule has 2 aliphatic rings. The van der Waals surface area contributed by atoms with Gasteiger partial charge in [0.1, 0.15) is 0 Å². The van der Waals surface area contributed by atoms with Gasteiger partial charge in [-0.1, -0.05) is 65.6 Å². The van der Waals surface area contributed by atoms with Crippen LogP contribution in [0.4, 0.5) is 0 Å². The van der Waals surface area contributed by atoms with Gasteiger partial charge in [0.25, 0.3) is 0 Å². The van der Waals surface area contributed by atoms with Crippen molar-refractivity contribution in [1.82, 2.24) is 0 Å². The van der Waals surface area contributed by atoms with E-state index in [1.807, 2.05) is 0 Å². The highest BCUT2D eigenvalue weighted by Gasteiger charge is 2.33. The van der Waals surface area contributed by atoms with Crippen LogP contribution in [-0.4, -0.2) is 0 Å². The van der Waals surface area contributed by atoms with Crippen LogP contribution in [0.3, 0.4) is 0 Å². The summed E-state index contributed by atoms with van der Waals surface area (Å²) < 4.78 is 0. The smallest absolute Gasteiger partial charge is 0.00638 e. The van der Waals surface area contributed by atoms with Gasteiger partial charge in [-0.05, 0) is 55.4 Å². The number of allylic oxidation sites excluding steroid dienone is 1. The second-order valence-corrected chi connectivity index (χ2v) is 6.66. The Bertz CT molecular complexity index is 716. The highest BCUT2D eigenvalue weighted by molar-refractivity contribution is 5.89. The van der Waals surface area contributed by atoms with Crippen LogP contribution in [0.25, 0.3) is 5.57 Å². The maximum Gasteiger partial charge on any atom is 0.00638 e. The van der Waals surface area contributed by atoms with E-state index in [4.69, 9.17) is 0 Å². The molecule has 1 saturated carbocycles. The minimum absolute atomic E-state index is 0.685. The molecule has 106 valence electrons. The van der Waals surface area contributed by atoms with Crippen LogP contribution in [0.2, 0.25) is 0 Å². The molecule has 0 spiro atoms. The van der Waals surface area contributed by atoms with Crippen molar-refractivity contribution < 1.29 is 0 Å². The summed E-state index contributed by atoms with van der Waals surface area (Å²) in [6, 6.07) is 16.1. The van der Waals surface area contributed by atoms with Crippen molar-refractivity contribution in [1.29, 1.82) is 0 Å². The first kappa shape index (κ1) is 12.9. The number of rotatable bonds is 1.